The van der Waals surface area contributed by atoms with Crippen LogP contribution in [0.25, 0.3) is 0 Å². The molecule has 0 aliphatic heterocycles. The Morgan fingerprint density at radius 1 is 1.25 bits per heavy atom. The molecule has 0 bridgehead atoms. The summed E-state index contributed by atoms with van der Waals surface area (Å²) in [6.07, 6.45) is 3.64. The highest BCUT2D eigenvalue weighted by molar-refractivity contribution is 9.10. The molecule has 24 heavy (non-hydrogen) atoms. The highest BCUT2D eigenvalue weighted by Gasteiger charge is 2.12. The van der Waals surface area contributed by atoms with E-state index in [1.54, 1.807) is 31.5 Å². The number of hydrogen-bond acceptors (Lipinski definition) is 3. The van der Waals surface area contributed by atoms with Gasteiger partial charge in [-0.1, -0.05) is 12.1 Å². The van der Waals surface area contributed by atoms with Crippen LogP contribution < -0.4 is 10.1 Å². The zero-order valence-electron chi connectivity index (χ0n) is 13.1. The van der Waals surface area contributed by atoms with Crippen molar-refractivity contribution in [3.8, 4) is 5.75 Å². The fourth-order valence-corrected chi connectivity index (χ4v) is 2.76. The second-order valence-electron chi connectivity index (χ2n) is 5.20. The Morgan fingerprint density at radius 3 is 2.88 bits per heavy atom. The average Bonchev–Trinajstić information content (AvgIpc) is 3.08. The van der Waals surface area contributed by atoms with Crippen LogP contribution >= 0.6 is 15.9 Å². The Morgan fingerprint density at radius 2 is 2.12 bits per heavy atom. The molecule has 0 unspecified atom stereocenters. The lowest BCUT2D eigenvalue weighted by Gasteiger charge is -2.10. The molecule has 6 heteroatoms. The number of rotatable bonds is 5. The van der Waals surface area contributed by atoms with Crippen molar-refractivity contribution in [1.82, 2.24) is 9.78 Å². The SMILES string of the molecule is COc1ccc(Br)c(C(=O)Nc2cccc(Cn3cccn3)c2)c1. The molecular formula is C18H16BrN3O2. The molecule has 0 aliphatic carbocycles. The summed E-state index contributed by atoms with van der Waals surface area (Å²) in [6.45, 7) is 0.652. The molecule has 0 aliphatic rings. The summed E-state index contributed by atoms with van der Waals surface area (Å²) in [7, 11) is 1.57. The zero-order chi connectivity index (χ0) is 16.9. The van der Waals surface area contributed by atoms with Crippen LogP contribution in [-0.4, -0.2) is 22.8 Å². The lowest BCUT2D eigenvalue weighted by atomic mass is 10.1. The van der Waals surface area contributed by atoms with Gasteiger partial charge in [0, 0.05) is 22.6 Å². The van der Waals surface area contributed by atoms with Crippen molar-refractivity contribution in [2.45, 2.75) is 6.54 Å². The van der Waals surface area contributed by atoms with Gasteiger partial charge in [-0.25, -0.2) is 0 Å². The first-order valence-corrected chi connectivity index (χ1v) is 8.16. The van der Waals surface area contributed by atoms with Gasteiger partial charge in [-0.15, -0.1) is 0 Å². The Bertz CT molecular complexity index is 847. The van der Waals surface area contributed by atoms with Gasteiger partial charge in [0.15, 0.2) is 0 Å². The van der Waals surface area contributed by atoms with Crippen LogP contribution in [-0.2, 0) is 6.54 Å². The molecule has 1 heterocycles. The van der Waals surface area contributed by atoms with E-state index in [0.717, 1.165) is 11.3 Å². The number of ether oxygens (including phenoxy) is 1. The van der Waals surface area contributed by atoms with Crippen molar-refractivity contribution >= 4 is 27.5 Å². The summed E-state index contributed by atoms with van der Waals surface area (Å²) in [4.78, 5) is 12.5. The van der Waals surface area contributed by atoms with Gasteiger partial charge in [-0.2, -0.15) is 5.10 Å². The largest absolute Gasteiger partial charge is 0.497 e. The summed E-state index contributed by atoms with van der Waals surface area (Å²) in [5.74, 6) is 0.438. The lowest BCUT2D eigenvalue weighted by Crippen LogP contribution is -2.13. The van der Waals surface area contributed by atoms with Gasteiger partial charge < -0.3 is 10.1 Å². The summed E-state index contributed by atoms with van der Waals surface area (Å²) >= 11 is 3.40. The van der Waals surface area contributed by atoms with Crippen molar-refractivity contribution in [2.75, 3.05) is 12.4 Å². The van der Waals surface area contributed by atoms with Crippen LogP contribution in [0.1, 0.15) is 15.9 Å². The van der Waals surface area contributed by atoms with Crippen LogP contribution in [0.5, 0.6) is 5.75 Å². The van der Waals surface area contributed by atoms with Gasteiger partial charge in [0.2, 0.25) is 0 Å². The van der Waals surface area contributed by atoms with E-state index in [4.69, 9.17) is 4.74 Å². The van der Waals surface area contributed by atoms with Gasteiger partial charge in [0.05, 0.1) is 19.2 Å². The number of hydrogen-bond donors (Lipinski definition) is 1. The second kappa shape index (κ2) is 7.31. The standard InChI is InChI=1S/C18H16BrN3O2/c1-24-15-6-7-17(19)16(11-15)18(23)21-14-5-2-4-13(10-14)12-22-9-3-8-20-22/h2-11H,12H2,1H3,(H,21,23). The normalized spacial score (nSPS) is 10.4. The topological polar surface area (TPSA) is 56.1 Å². The van der Waals surface area contributed by atoms with Crippen molar-refractivity contribution in [3.63, 3.8) is 0 Å². The smallest absolute Gasteiger partial charge is 0.256 e. The van der Waals surface area contributed by atoms with Gasteiger partial charge >= 0.3 is 0 Å². The molecule has 122 valence electrons. The minimum atomic E-state index is -0.197. The predicted octanol–water partition coefficient (Wildman–Crippen LogP) is 3.95. The highest BCUT2D eigenvalue weighted by Crippen LogP contribution is 2.23. The Labute approximate surface area is 148 Å². The van der Waals surface area contributed by atoms with E-state index < -0.39 is 0 Å². The molecule has 3 aromatic rings. The molecule has 2 aromatic carbocycles. The number of nitrogens with one attached hydrogen (secondary N) is 1. The van der Waals surface area contributed by atoms with Crippen LogP contribution in [0.4, 0.5) is 5.69 Å². The van der Waals surface area contributed by atoms with Gasteiger partial charge in [-0.3, -0.25) is 9.48 Å². The molecule has 1 aromatic heterocycles. The molecule has 5 nitrogen and oxygen atoms in total. The zero-order valence-corrected chi connectivity index (χ0v) is 14.7. The number of amides is 1. The van der Waals surface area contributed by atoms with Gasteiger partial charge in [-0.05, 0) is 57.9 Å². The molecule has 0 spiro atoms. The molecular weight excluding hydrogens is 370 g/mol. The first kappa shape index (κ1) is 16.3. The number of anilines is 1. The van der Waals surface area contributed by atoms with Crippen LogP contribution in [0.2, 0.25) is 0 Å². The maximum absolute atomic E-state index is 12.5. The lowest BCUT2D eigenvalue weighted by molar-refractivity contribution is 0.102. The number of methoxy groups -OCH3 is 1. The van der Waals surface area contributed by atoms with Crippen molar-refractivity contribution in [2.24, 2.45) is 0 Å². The van der Waals surface area contributed by atoms with Gasteiger partial charge in [0.25, 0.3) is 5.91 Å². The number of carbonyl (C=O) groups excluding carboxylic acids is 1. The third-order valence-corrected chi connectivity index (χ3v) is 4.20. The third-order valence-electron chi connectivity index (χ3n) is 3.51. The Hall–Kier alpha value is -2.60. The monoisotopic (exact) mass is 385 g/mol. The van der Waals surface area contributed by atoms with Gasteiger partial charge in [0.1, 0.15) is 5.75 Å². The van der Waals surface area contributed by atoms with Crippen molar-refractivity contribution in [3.05, 3.63) is 76.5 Å². The third kappa shape index (κ3) is 3.83. The Kier molecular flexibility index (Phi) is 4.96. The summed E-state index contributed by atoms with van der Waals surface area (Å²) in [5, 5.41) is 7.11. The minimum absolute atomic E-state index is 0.197. The molecule has 1 amide bonds. The first-order valence-electron chi connectivity index (χ1n) is 7.37. The minimum Gasteiger partial charge on any atom is -0.497 e. The number of halogens is 1. The maximum Gasteiger partial charge on any atom is 0.256 e. The van der Waals surface area contributed by atoms with Crippen molar-refractivity contribution < 1.29 is 9.53 Å². The van der Waals surface area contributed by atoms with Crippen LogP contribution in [0.15, 0.2) is 65.4 Å². The number of carbonyl (C=O) groups is 1. The first-order chi connectivity index (χ1) is 11.7. The van der Waals surface area contributed by atoms with E-state index in [1.807, 2.05) is 41.2 Å². The van der Waals surface area contributed by atoms with E-state index in [-0.39, 0.29) is 5.91 Å². The summed E-state index contributed by atoms with van der Waals surface area (Å²) < 4.78 is 7.73. The van der Waals surface area contributed by atoms with Crippen molar-refractivity contribution in [1.29, 1.82) is 0 Å². The average molecular weight is 386 g/mol. The maximum atomic E-state index is 12.5. The molecule has 0 radical (unpaired) electrons. The second-order valence-corrected chi connectivity index (χ2v) is 6.06. The number of aromatic nitrogens is 2. The number of nitrogens with zero attached hydrogens (tertiary/aromatic N) is 2. The Balaban J connectivity index is 1.77. The highest BCUT2D eigenvalue weighted by atomic mass is 79.9. The fourth-order valence-electron chi connectivity index (χ4n) is 2.33. The predicted molar refractivity (Wildman–Crippen MR) is 96.4 cm³/mol. The van der Waals surface area contributed by atoms with Crippen LogP contribution in [0.3, 0.4) is 0 Å². The molecule has 0 saturated carbocycles. The quantitative estimate of drug-likeness (QED) is 0.723. The van der Waals surface area contributed by atoms with E-state index in [2.05, 4.69) is 26.3 Å². The fraction of sp³-hybridized carbons (Fsp3) is 0.111. The molecule has 0 atom stereocenters. The summed E-state index contributed by atoms with van der Waals surface area (Å²) in [6, 6.07) is 14.9. The number of benzene rings is 2. The molecule has 1 N–H and O–H groups in total. The molecule has 0 fully saturated rings. The molecule has 0 saturated heterocycles. The van der Waals surface area contributed by atoms with E-state index in [1.165, 1.54) is 0 Å². The van der Waals surface area contributed by atoms with E-state index in [9.17, 15) is 4.79 Å². The molecule has 3 rings (SSSR count). The summed E-state index contributed by atoms with van der Waals surface area (Å²) in [5.41, 5.74) is 2.31. The van der Waals surface area contributed by atoms with Crippen LogP contribution in [0, 0.1) is 0 Å². The van der Waals surface area contributed by atoms with E-state index >= 15 is 0 Å². The van der Waals surface area contributed by atoms with E-state index in [0.29, 0.717) is 22.3 Å².